The van der Waals surface area contributed by atoms with Crippen molar-refractivity contribution in [1.82, 2.24) is 4.31 Å². The predicted octanol–water partition coefficient (Wildman–Crippen LogP) is 1.99. The SMILES string of the molecule is Cc1ccc(C)c(S(=O)(=O)N2CC[C@](O)(C(F)(F)F)C2)c1. The largest absolute Gasteiger partial charge is 0.418 e. The Bertz CT molecular complexity index is 657. The highest BCUT2D eigenvalue weighted by molar-refractivity contribution is 7.89. The summed E-state index contributed by atoms with van der Waals surface area (Å²) in [7, 11) is -4.05. The van der Waals surface area contributed by atoms with E-state index in [1.165, 1.54) is 6.07 Å². The molecule has 0 aliphatic carbocycles. The van der Waals surface area contributed by atoms with Gasteiger partial charge in [0, 0.05) is 13.0 Å². The van der Waals surface area contributed by atoms with E-state index < -0.39 is 34.8 Å². The van der Waals surface area contributed by atoms with Gasteiger partial charge in [-0.15, -0.1) is 0 Å². The van der Waals surface area contributed by atoms with Crippen molar-refractivity contribution in [3.63, 3.8) is 0 Å². The quantitative estimate of drug-likeness (QED) is 0.905. The van der Waals surface area contributed by atoms with Gasteiger partial charge in [0.2, 0.25) is 10.0 Å². The first-order valence-electron chi connectivity index (χ1n) is 6.34. The van der Waals surface area contributed by atoms with E-state index in [0.717, 1.165) is 0 Å². The fourth-order valence-corrected chi connectivity index (χ4v) is 4.12. The summed E-state index contributed by atoms with van der Waals surface area (Å²) in [5.41, 5.74) is -1.81. The normalized spacial score (nSPS) is 24.5. The molecule has 21 heavy (non-hydrogen) atoms. The standard InChI is InChI=1S/C13H16F3NO3S/c1-9-3-4-10(2)11(7-9)21(19,20)17-6-5-12(18,8-17)13(14,15)16/h3-4,7,18H,5-6,8H2,1-2H3/t12-/m1/s1. The molecule has 0 aromatic heterocycles. The molecule has 0 radical (unpaired) electrons. The van der Waals surface area contributed by atoms with Crippen molar-refractivity contribution >= 4 is 10.0 Å². The lowest BCUT2D eigenvalue weighted by molar-refractivity contribution is -0.252. The van der Waals surface area contributed by atoms with Gasteiger partial charge in [0.25, 0.3) is 0 Å². The lowest BCUT2D eigenvalue weighted by Crippen LogP contribution is -2.48. The van der Waals surface area contributed by atoms with Gasteiger partial charge < -0.3 is 5.11 Å². The van der Waals surface area contributed by atoms with E-state index >= 15 is 0 Å². The van der Waals surface area contributed by atoms with Crippen LogP contribution in [-0.2, 0) is 10.0 Å². The van der Waals surface area contributed by atoms with Gasteiger partial charge in [0.05, 0.1) is 11.4 Å². The molecular weight excluding hydrogens is 307 g/mol. The van der Waals surface area contributed by atoms with Gasteiger partial charge in [0.15, 0.2) is 5.60 Å². The van der Waals surface area contributed by atoms with Crippen LogP contribution in [0.5, 0.6) is 0 Å². The maximum Gasteiger partial charge on any atom is 0.418 e. The number of hydrogen-bond acceptors (Lipinski definition) is 3. The maximum atomic E-state index is 12.8. The molecule has 0 saturated carbocycles. The van der Waals surface area contributed by atoms with Gasteiger partial charge in [-0.05, 0) is 31.0 Å². The van der Waals surface area contributed by atoms with Gasteiger partial charge in [-0.3, -0.25) is 0 Å². The highest BCUT2D eigenvalue weighted by Gasteiger charge is 2.58. The molecule has 2 rings (SSSR count). The molecule has 0 spiro atoms. The second-order valence-electron chi connectivity index (χ2n) is 5.39. The Labute approximate surface area is 121 Å². The van der Waals surface area contributed by atoms with E-state index in [1.54, 1.807) is 26.0 Å². The number of aliphatic hydroxyl groups is 1. The van der Waals surface area contributed by atoms with Crippen LogP contribution in [0.15, 0.2) is 23.1 Å². The van der Waals surface area contributed by atoms with Crippen molar-refractivity contribution in [3.05, 3.63) is 29.3 Å². The number of hydrogen-bond donors (Lipinski definition) is 1. The molecule has 1 heterocycles. The van der Waals surface area contributed by atoms with Crippen LogP contribution in [0, 0.1) is 13.8 Å². The summed E-state index contributed by atoms with van der Waals surface area (Å²) < 4.78 is 64.0. The minimum atomic E-state index is -4.85. The first-order valence-corrected chi connectivity index (χ1v) is 7.78. The Kier molecular flexibility index (Phi) is 3.84. The zero-order valence-electron chi connectivity index (χ0n) is 11.6. The lowest BCUT2D eigenvalue weighted by atomic mass is 10.0. The summed E-state index contributed by atoms with van der Waals surface area (Å²) >= 11 is 0. The molecule has 0 amide bonds. The monoisotopic (exact) mass is 323 g/mol. The minimum Gasteiger partial charge on any atom is -0.379 e. The summed E-state index contributed by atoms with van der Waals surface area (Å²) in [5, 5.41) is 9.60. The van der Waals surface area contributed by atoms with Crippen LogP contribution in [0.4, 0.5) is 13.2 Å². The smallest absolute Gasteiger partial charge is 0.379 e. The molecule has 118 valence electrons. The van der Waals surface area contributed by atoms with Gasteiger partial charge in [-0.1, -0.05) is 12.1 Å². The van der Waals surface area contributed by atoms with Crippen LogP contribution in [0.2, 0.25) is 0 Å². The van der Waals surface area contributed by atoms with Gasteiger partial charge in [-0.2, -0.15) is 17.5 Å². The van der Waals surface area contributed by atoms with Crippen LogP contribution >= 0.6 is 0 Å². The van der Waals surface area contributed by atoms with Crippen molar-refractivity contribution < 1.29 is 26.7 Å². The molecule has 1 aromatic carbocycles. The second kappa shape index (κ2) is 4.96. The molecule has 8 heteroatoms. The Balaban J connectivity index is 2.37. The third-order valence-electron chi connectivity index (χ3n) is 3.70. The molecular formula is C13H16F3NO3S. The molecule has 0 unspecified atom stereocenters. The number of β-amino-alcohol motifs (C(OH)–C–C–N with tert-alkyl or cyclic N) is 1. The fraction of sp³-hybridized carbons (Fsp3) is 0.538. The molecule has 1 fully saturated rings. The highest BCUT2D eigenvalue weighted by Crippen LogP contribution is 2.39. The molecule has 1 N–H and O–H groups in total. The van der Waals surface area contributed by atoms with E-state index in [2.05, 4.69) is 0 Å². The summed E-state index contributed by atoms with van der Waals surface area (Å²) in [6.07, 6.45) is -5.50. The molecule has 1 aliphatic heterocycles. The van der Waals surface area contributed by atoms with Crippen LogP contribution in [0.25, 0.3) is 0 Å². The number of alkyl halides is 3. The summed E-state index contributed by atoms with van der Waals surface area (Å²) in [6.45, 7) is 1.96. The number of sulfonamides is 1. The molecule has 1 atom stereocenters. The Morgan fingerprint density at radius 3 is 2.43 bits per heavy atom. The fourth-order valence-electron chi connectivity index (χ4n) is 2.32. The van der Waals surface area contributed by atoms with Gasteiger partial charge in [0.1, 0.15) is 0 Å². The number of aryl methyl sites for hydroxylation is 2. The predicted molar refractivity (Wildman–Crippen MR) is 70.3 cm³/mol. The first kappa shape index (κ1) is 16.3. The van der Waals surface area contributed by atoms with E-state index in [0.29, 0.717) is 15.4 Å². The number of benzene rings is 1. The van der Waals surface area contributed by atoms with E-state index in [-0.39, 0.29) is 11.4 Å². The Hall–Kier alpha value is -1.12. The average molecular weight is 323 g/mol. The van der Waals surface area contributed by atoms with Crippen LogP contribution in [0.3, 0.4) is 0 Å². The van der Waals surface area contributed by atoms with Crippen LogP contribution < -0.4 is 0 Å². The first-order chi connectivity index (χ1) is 9.47. The summed E-state index contributed by atoms with van der Waals surface area (Å²) in [4.78, 5) is -0.0195. The average Bonchev–Trinajstić information content (AvgIpc) is 2.76. The third kappa shape index (κ3) is 2.79. The van der Waals surface area contributed by atoms with Crippen molar-refractivity contribution in [3.8, 4) is 0 Å². The molecule has 0 bridgehead atoms. The van der Waals surface area contributed by atoms with Gasteiger partial charge >= 0.3 is 6.18 Å². The highest BCUT2D eigenvalue weighted by atomic mass is 32.2. The van der Waals surface area contributed by atoms with E-state index in [9.17, 15) is 26.7 Å². The van der Waals surface area contributed by atoms with E-state index in [4.69, 9.17) is 0 Å². The Morgan fingerprint density at radius 2 is 1.90 bits per heavy atom. The molecule has 1 aromatic rings. The topological polar surface area (TPSA) is 57.6 Å². The van der Waals surface area contributed by atoms with Crippen molar-refractivity contribution in [2.75, 3.05) is 13.1 Å². The van der Waals surface area contributed by atoms with Crippen LogP contribution in [-0.4, -0.2) is 42.7 Å². The third-order valence-corrected chi connectivity index (χ3v) is 5.69. The molecule has 4 nitrogen and oxygen atoms in total. The zero-order chi connectivity index (χ0) is 16.1. The maximum absolute atomic E-state index is 12.8. The van der Waals surface area contributed by atoms with Crippen molar-refractivity contribution in [1.29, 1.82) is 0 Å². The summed E-state index contributed by atoms with van der Waals surface area (Å²) in [5.74, 6) is 0. The summed E-state index contributed by atoms with van der Waals surface area (Å²) in [6, 6.07) is 4.76. The zero-order valence-corrected chi connectivity index (χ0v) is 12.4. The molecule has 1 saturated heterocycles. The second-order valence-corrected chi connectivity index (χ2v) is 7.29. The number of nitrogens with zero attached hydrogens (tertiary/aromatic N) is 1. The van der Waals surface area contributed by atoms with Crippen LogP contribution in [0.1, 0.15) is 17.5 Å². The minimum absolute atomic E-state index is 0.0195. The number of rotatable bonds is 2. The number of halogens is 3. The van der Waals surface area contributed by atoms with Crippen molar-refractivity contribution in [2.45, 2.75) is 36.9 Å². The van der Waals surface area contributed by atoms with Crippen molar-refractivity contribution in [2.24, 2.45) is 0 Å². The van der Waals surface area contributed by atoms with E-state index in [1.807, 2.05) is 0 Å². The molecule has 1 aliphatic rings. The Morgan fingerprint density at radius 1 is 1.29 bits per heavy atom. The lowest BCUT2D eigenvalue weighted by Gasteiger charge is -2.26. The van der Waals surface area contributed by atoms with Gasteiger partial charge in [-0.25, -0.2) is 8.42 Å².